The average Bonchev–Trinajstić information content (AvgIpc) is 4.22. The summed E-state index contributed by atoms with van der Waals surface area (Å²) in [5.41, 5.74) is 8.31. The summed E-state index contributed by atoms with van der Waals surface area (Å²) in [6, 6.07) is 54.1. The van der Waals surface area contributed by atoms with Gasteiger partial charge < -0.3 is 23.8 Å². The molecular weight excluding hydrogens is 1040 g/mol. The molecule has 0 atom stereocenters. The maximum Gasteiger partial charge on any atom is 0.135 e. The summed E-state index contributed by atoms with van der Waals surface area (Å²) in [5.74, 6) is 1.14. The Morgan fingerprint density at radius 3 is 2.16 bits per heavy atom. The number of para-hydroxylation sites is 4. The second kappa shape index (κ2) is 18.2. The van der Waals surface area contributed by atoms with Crippen molar-refractivity contribution in [2.75, 3.05) is 9.80 Å². The molecule has 8 aromatic carbocycles. The zero-order chi connectivity index (χ0) is 53.9. The molecule has 348 valence electrons. The number of hydrogen-bond donors (Lipinski definition) is 0. The Bertz CT molecular complexity index is 4010. The molecule has 10 aromatic rings. The van der Waals surface area contributed by atoms with E-state index in [1.807, 2.05) is 131 Å². The van der Waals surface area contributed by atoms with Crippen molar-refractivity contribution in [2.45, 2.75) is 47.4 Å². The van der Waals surface area contributed by atoms with Gasteiger partial charge in [-0.1, -0.05) is 155 Å². The van der Waals surface area contributed by atoms with Gasteiger partial charge >= 0.3 is 0 Å². The van der Waals surface area contributed by atoms with Crippen molar-refractivity contribution >= 4 is 44.6 Å². The Morgan fingerprint density at radius 1 is 0.657 bits per heavy atom. The Balaban J connectivity index is 0.00000645. The first-order valence-corrected chi connectivity index (χ1v) is 23.1. The van der Waals surface area contributed by atoms with Crippen LogP contribution < -0.4 is 19.3 Å². The van der Waals surface area contributed by atoms with Crippen LogP contribution in [0.3, 0.4) is 0 Å². The SMILES string of the molecule is [2H]c1c([2H])c([2H])c2c(c1[2H])c1ccc3[c-]c1n2-c1cc(C([2H])([2H])C(C)(C)C)c(cn1)-c1ccc(cc1)Oc1cccc(c1)-c1cccc(-c2ccccc2)c1N1[CH-]N(c2[c-]c(c(C([2H])([2H])C(C)C)cc2)O3)c2ccccc21.[Pt]. The fraction of sp³-hybridized carbons (Fsp3) is 0.143. The molecule has 0 spiro atoms. The third-order valence-electron chi connectivity index (χ3n) is 12.3. The van der Waals surface area contributed by atoms with E-state index < -0.39 is 36.2 Å². The number of aromatic nitrogens is 2. The van der Waals surface area contributed by atoms with E-state index in [-0.39, 0.29) is 72.5 Å². The van der Waals surface area contributed by atoms with Gasteiger partial charge in [-0.2, -0.15) is 12.1 Å². The van der Waals surface area contributed by atoms with Crippen molar-refractivity contribution in [1.29, 1.82) is 0 Å². The summed E-state index contributed by atoms with van der Waals surface area (Å²) in [4.78, 5) is 9.17. The summed E-state index contributed by atoms with van der Waals surface area (Å²) >= 11 is 0. The molecule has 14 rings (SSSR count). The van der Waals surface area contributed by atoms with Gasteiger partial charge in [-0.05, 0) is 87.9 Å². The predicted octanol–water partition coefficient (Wildman–Crippen LogP) is 16.9. The van der Waals surface area contributed by atoms with E-state index in [2.05, 4.69) is 59.5 Å². The van der Waals surface area contributed by atoms with Crippen molar-refractivity contribution in [3.05, 3.63) is 212 Å². The number of ether oxygens (including phenoxy) is 2. The van der Waals surface area contributed by atoms with Gasteiger partial charge in [0.25, 0.3) is 0 Å². The van der Waals surface area contributed by atoms with E-state index in [0.29, 0.717) is 39.3 Å². The van der Waals surface area contributed by atoms with Gasteiger partial charge in [0.15, 0.2) is 0 Å². The maximum absolute atomic E-state index is 9.74. The summed E-state index contributed by atoms with van der Waals surface area (Å²) < 4.78 is 89.5. The number of rotatable bonds is 4. The van der Waals surface area contributed by atoms with Gasteiger partial charge in [-0.25, -0.2) is 4.98 Å². The minimum atomic E-state index is -1.97. The van der Waals surface area contributed by atoms with E-state index in [0.717, 1.165) is 39.3 Å². The van der Waals surface area contributed by atoms with Crippen LogP contribution in [0, 0.1) is 30.1 Å². The predicted molar refractivity (Wildman–Crippen MR) is 282 cm³/mol. The Labute approximate surface area is 436 Å². The van der Waals surface area contributed by atoms with E-state index in [9.17, 15) is 8.22 Å². The zero-order valence-corrected chi connectivity index (χ0v) is 41.4. The van der Waals surface area contributed by atoms with Crippen LogP contribution >= 0.6 is 0 Å². The quantitative estimate of drug-likeness (QED) is 0.164. The molecule has 12 bridgehead atoms. The van der Waals surface area contributed by atoms with Crippen LogP contribution in [0.2, 0.25) is 0 Å². The van der Waals surface area contributed by atoms with Crippen molar-refractivity contribution in [2.24, 2.45) is 11.3 Å². The topological polar surface area (TPSA) is 42.8 Å². The molecule has 4 aliphatic rings. The molecule has 6 nitrogen and oxygen atoms in total. The number of anilines is 4. The molecule has 0 radical (unpaired) electrons. The Kier molecular flexibility index (Phi) is 9.49. The summed E-state index contributed by atoms with van der Waals surface area (Å²) in [7, 11) is 0. The van der Waals surface area contributed by atoms with Crippen LogP contribution in [-0.2, 0) is 33.8 Å². The van der Waals surface area contributed by atoms with Crippen molar-refractivity contribution in [3.63, 3.8) is 0 Å². The first-order chi connectivity index (χ1) is 36.8. The molecule has 4 aliphatic heterocycles. The Morgan fingerprint density at radius 2 is 1.37 bits per heavy atom. The smallest absolute Gasteiger partial charge is 0.135 e. The standard InChI is InChI=1S/C63H51N4O2.Pt/c1-41(2)33-45-25-28-47-36-60(45)69-50-31-32-54-53-19-9-10-22-56(53)67(59(54)37-50)61-35-46(38-63(3,4)5)55(39-64-61)43-26-29-48(30-27-43)68-49-18-13-17-44(34-49)52-21-14-20-51(42-15-7-6-8-16-42)62(52)66-40-65(47)57-23-11-12-24-58(57)66;/h6-32,34-35,39-41H,33,38H2,1-5H3;/q-3;/i9D,10D,19D,22D,33D2,38D2;. The van der Waals surface area contributed by atoms with Gasteiger partial charge in [-0.3, -0.25) is 0 Å². The van der Waals surface area contributed by atoms with Crippen LogP contribution in [0.25, 0.3) is 61.0 Å². The van der Waals surface area contributed by atoms with Crippen LogP contribution in [0.4, 0.5) is 22.7 Å². The molecule has 70 heavy (non-hydrogen) atoms. The fourth-order valence-electron chi connectivity index (χ4n) is 9.37. The van der Waals surface area contributed by atoms with Crippen molar-refractivity contribution in [1.82, 2.24) is 9.55 Å². The van der Waals surface area contributed by atoms with E-state index in [4.69, 9.17) is 17.2 Å². The van der Waals surface area contributed by atoms with Crippen LogP contribution in [-0.4, -0.2) is 9.55 Å². The number of benzene rings is 8. The first kappa shape index (κ1) is 36.6. The van der Waals surface area contributed by atoms with E-state index in [1.165, 1.54) is 0 Å². The van der Waals surface area contributed by atoms with E-state index in [1.54, 1.807) is 35.0 Å². The normalized spacial score (nSPS) is 14.9. The summed E-state index contributed by atoms with van der Waals surface area (Å²) in [6.45, 7) is 11.1. The largest absolute Gasteiger partial charge is 0.509 e. The molecule has 0 N–H and O–H groups in total. The maximum atomic E-state index is 9.74. The Hall–Kier alpha value is -7.40. The molecule has 6 heterocycles. The van der Waals surface area contributed by atoms with Gasteiger partial charge in [-0.15, -0.1) is 47.6 Å². The molecule has 0 amide bonds. The monoisotopic (exact) mass is 1100 g/mol. The van der Waals surface area contributed by atoms with Crippen LogP contribution in [0.1, 0.15) is 56.7 Å². The number of hydrogen-bond acceptors (Lipinski definition) is 5. The number of pyridine rings is 1. The molecule has 0 unspecified atom stereocenters. The minimum Gasteiger partial charge on any atom is -0.509 e. The zero-order valence-electron chi connectivity index (χ0n) is 47.1. The third kappa shape index (κ3) is 8.35. The van der Waals surface area contributed by atoms with E-state index >= 15 is 0 Å². The van der Waals surface area contributed by atoms with Crippen molar-refractivity contribution in [3.8, 4) is 62.2 Å². The van der Waals surface area contributed by atoms with Crippen molar-refractivity contribution < 1.29 is 41.5 Å². The van der Waals surface area contributed by atoms with Crippen LogP contribution in [0.15, 0.2) is 182 Å². The summed E-state index contributed by atoms with van der Waals surface area (Å²) in [5, 5.41) is 0.655. The number of fused-ring (bicyclic) bond motifs is 5. The molecule has 2 aromatic heterocycles. The molecule has 0 saturated carbocycles. The van der Waals surface area contributed by atoms with Gasteiger partial charge in [0, 0.05) is 83.5 Å². The molecule has 0 saturated heterocycles. The average molecular weight is 1100 g/mol. The molecular formula is C63H51N4O2Pt-3. The van der Waals surface area contributed by atoms with Gasteiger partial charge in [0.1, 0.15) is 17.3 Å². The number of nitrogens with zero attached hydrogens (tertiary/aromatic N) is 4. The van der Waals surface area contributed by atoms with Gasteiger partial charge in [0.05, 0.1) is 5.48 Å². The summed E-state index contributed by atoms with van der Waals surface area (Å²) in [6.07, 6.45) is -2.26. The molecule has 7 heteroatoms. The second-order valence-electron chi connectivity index (χ2n) is 18.7. The van der Waals surface area contributed by atoms with Gasteiger partial charge in [0.2, 0.25) is 0 Å². The second-order valence-corrected chi connectivity index (χ2v) is 18.7. The van der Waals surface area contributed by atoms with Crippen LogP contribution in [0.5, 0.6) is 23.0 Å². The minimum absolute atomic E-state index is 0. The first-order valence-electron chi connectivity index (χ1n) is 27.1. The fourth-order valence-corrected chi connectivity index (χ4v) is 9.37. The third-order valence-corrected chi connectivity index (χ3v) is 12.3. The molecule has 0 fully saturated rings. The molecule has 0 aliphatic carbocycles.